The fourth-order valence-corrected chi connectivity index (χ4v) is 3.03. The highest BCUT2D eigenvalue weighted by Gasteiger charge is 2.34. The summed E-state index contributed by atoms with van der Waals surface area (Å²) in [5.41, 5.74) is 1.99. The third-order valence-corrected chi connectivity index (χ3v) is 4.49. The largest absolute Gasteiger partial charge is 0.449 e. The summed E-state index contributed by atoms with van der Waals surface area (Å²) in [7, 11) is 1.77. The minimum Gasteiger partial charge on any atom is -0.345 e. The maximum atomic E-state index is 12.9. The number of carbonyl (C=O) groups excluding carboxylic acids is 1. The first kappa shape index (κ1) is 19.9. The highest BCUT2D eigenvalue weighted by Crippen LogP contribution is 2.30. The Morgan fingerprint density at radius 1 is 1.14 bits per heavy atom. The van der Waals surface area contributed by atoms with Gasteiger partial charge in [0.15, 0.2) is 0 Å². The van der Waals surface area contributed by atoms with Crippen molar-refractivity contribution in [2.24, 2.45) is 5.92 Å². The standard InChI is InChI=1S/C20H21F3N4O/c1-12(11-24-2)18(28)27-17(13-6-4-3-5-7-13)14-8-9-15-16(10-14)26-19(25-15)20(21,22)23/h3-10,12,17,24H,11H2,1-2H3,(H,25,26)(H,27,28). The van der Waals surface area contributed by atoms with Gasteiger partial charge in [0.05, 0.1) is 17.1 Å². The molecule has 2 atom stereocenters. The lowest BCUT2D eigenvalue weighted by Gasteiger charge is -2.22. The number of aromatic nitrogens is 2. The van der Waals surface area contributed by atoms with Crippen LogP contribution in [-0.2, 0) is 11.0 Å². The molecule has 1 aromatic heterocycles. The minimum atomic E-state index is -4.55. The second kappa shape index (κ2) is 8.02. The molecule has 0 saturated carbocycles. The summed E-state index contributed by atoms with van der Waals surface area (Å²) in [4.78, 5) is 18.5. The molecule has 0 spiro atoms. The molecule has 0 aliphatic heterocycles. The zero-order valence-corrected chi connectivity index (χ0v) is 15.5. The van der Waals surface area contributed by atoms with E-state index < -0.39 is 18.0 Å². The molecule has 5 nitrogen and oxygen atoms in total. The molecule has 0 aliphatic rings. The number of fused-ring (bicyclic) bond motifs is 1. The number of imidazole rings is 1. The van der Waals surface area contributed by atoms with E-state index in [9.17, 15) is 18.0 Å². The molecule has 0 bridgehead atoms. The molecule has 3 N–H and O–H groups in total. The van der Waals surface area contributed by atoms with Gasteiger partial charge in [0.1, 0.15) is 0 Å². The van der Waals surface area contributed by atoms with Gasteiger partial charge in [-0.25, -0.2) is 4.98 Å². The van der Waals surface area contributed by atoms with Crippen LogP contribution in [0.5, 0.6) is 0 Å². The third-order valence-electron chi connectivity index (χ3n) is 4.49. The number of alkyl halides is 3. The Kier molecular flexibility index (Phi) is 5.69. The molecule has 148 valence electrons. The van der Waals surface area contributed by atoms with E-state index in [1.807, 2.05) is 37.3 Å². The second-order valence-electron chi connectivity index (χ2n) is 6.67. The average Bonchev–Trinajstić information content (AvgIpc) is 3.10. The third kappa shape index (κ3) is 4.33. The predicted molar refractivity (Wildman–Crippen MR) is 101 cm³/mol. The highest BCUT2D eigenvalue weighted by atomic mass is 19.4. The average molecular weight is 390 g/mol. The van der Waals surface area contributed by atoms with Gasteiger partial charge in [0.25, 0.3) is 0 Å². The first-order valence-electron chi connectivity index (χ1n) is 8.86. The molecule has 28 heavy (non-hydrogen) atoms. The maximum Gasteiger partial charge on any atom is 0.449 e. The smallest absolute Gasteiger partial charge is 0.345 e. The van der Waals surface area contributed by atoms with Gasteiger partial charge in [-0.1, -0.05) is 43.3 Å². The fraction of sp³-hybridized carbons (Fsp3) is 0.300. The van der Waals surface area contributed by atoms with Crippen LogP contribution in [0.2, 0.25) is 0 Å². The lowest BCUT2D eigenvalue weighted by molar-refractivity contribution is -0.144. The molecule has 0 radical (unpaired) electrons. The number of nitrogens with one attached hydrogen (secondary N) is 3. The van der Waals surface area contributed by atoms with Crippen LogP contribution in [0.25, 0.3) is 11.0 Å². The van der Waals surface area contributed by atoms with Crippen LogP contribution in [0.1, 0.15) is 29.9 Å². The molecular weight excluding hydrogens is 369 g/mol. The second-order valence-corrected chi connectivity index (χ2v) is 6.67. The van der Waals surface area contributed by atoms with Crippen molar-refractivity contribution in [1.29, 1.82) is 0 Å². The number of amides is 1. The van der Waals surface area contributed by atoms with Crippen molar-refractivity contribution in [2.75, 3.05) is 13.6 Å². The van der Waals surface area contributed by atoms with Crippen molar-refractivity contribution in [1.82, 2.24) is 20.6 Å². The van der Waals surface area contributed by atoms with Gasteiger partial charge in [-0.2, -0.15) is 13.2 Å². The van der Waals surface area contributed by atoms with E-state index in [0.717, 1.165) is 5.56 Å². The van der Waals surface area contributed by atoms with E-state index >= 15 is 0 Å². The number of aromatic amines is 1. The normalized spacial score (nSPS) is 14.0. The van der Waals surface area contributed by atoms with Crippen LogP contribution in [0, 0.1) is 5.92 Å². The molecule has 2 aromatic carbocycles. The molecule has 3 rings (SSSR count). The molecule has 8 heteroatoms. The Bertz CT molecular complexity index is 953. The fourth-order valence-electron chi connectivity index (χ4n) is 3.03. The summed E-state index contributed by atoms with van der Waals surface area (Å²) in [6, 6.07) is 13.6. The summed E-state index contributed by atoms with van der Waals surface area (Å²) >= 11 is 0. The number of hydrogen-bond donors (Lipinski definition) is 3. The van der Waals surface area contributed by atoms with E-state index in [1.165, 1.54) is 6.07 Å². The van der Waals surface area contributed by atoms with Crippen molar-refractivity contribution in [3.05, 3.63) is 65.5 Å². The van der Waals surface area contributed by atoms with E-state index in [-0.39, 0.29) is 22.9 Å². The van der Waals surface area contributed by atoms with Gasteiger partial charge in [-0.3, -0.25) is 4.79 Å². The lowest BCUT2D eigenvalue weighted by atomic mass is 9.97. The number of halogens is 3. The molecule has 0 saturated heterocycles. The number of rotatable bonds is 6. The van der Waals surface area contributed by atoms with Crippen LogP contribution in [0.3, 0.4) is 0 Å². The lowest BCUT2D eigenvalue weighted by Crippen LogP contribution is -2.37. The molecule has 0 fully saturated rings. The number of nitrogens with zero attached hydrogens (tertiary/aromatic N) is 1. The van der Waals surface area contributed by atoms with Crippen molar-refractivity contribution >= 4 is 16.9 Å². The Labute approximate surface area is 160 Å². The quantitative estimate of drug-likeness (QED) is 0.602. The first-order valence-corrected chi connectivity index (χ1v) is 8.86. The maximum absolute atomic E-state index is 12.9. The van der Waals surface area contributed by atoms with E-state index in [0.29, 0.717) is 12.1 Å². The van der Waals surface area contributed by atoms with E-state index in [4.69, 9.17) is 0 Å². The van der Waals surface area contributed by atoms with E-state index in [2.05, 4.69) is 20.6 Å². The molecule has 3 aromatic rings. The van der Waals surface area contributed by atoms with Gasteiger partial charge in [-0.05, 0) is 30.3 Å². The number of hydrogen-bond acceptors (Lipinski definition) is 3. The van der Waals surface area contributed by atoms with Crippen molar-refractivity contribution in [3.63, 3.8) is 0 Å². The Morgan fingerprint density at radius 2 is 1.86 bits per heavy atom. The summed E-state index contributed by atoms with van der Waals surface area (Å²) < 4.78 is 38.8. The summed E-state index contributed by atoms with van der Waals surface area (Å²) in [6.07, 6.45) is -4.55. The van der Waals surface area contributed by atoms with Crippen molar-refractivity contribution in [2.45, 2.75) is 19.1 Å². The zero-order valence-electron chi connectivity index (χ0n) is 15.5. The monoisotopic (exact) mass is 390 g/mol. The van der Waals surface area contributed by atoms with Crippen LogP contribution >= 0.6 is 0 Å². The Balaban J connectivity index is 1.99. The van der Waals surface area contributed by atoms with Crippen molar-refractivity contribution < 1.29 is 18.0 Å². The molecule has 1 heterocycles. The number of benzene rings is 2. The predicted octanol–water partition coefficient (Wildman–Crippen LogP) is 3.64. The molecule has 0 aliphatic carbocycles. The summed E-state index contributed by atoms with van der Waals surface area (Å²) in [5, 5.41) is 5.96. The number of carbonyl (C=O) groups is 1. The topological polar surface area (TPSA) is 69.8 Å². The van der Waals surface area contributed by atoms with Crippen LogP contribution < -0.4 is 10.6 Å². The van der Waals surface area contributed by atoms with E-state index in [1.54, 1.807) is 19.2 Å². The zero-order chi connectivity index (χ0) is 20.3. The van der Waals surface area contributed by atoms with Gasteiger partial charge in [0.2, 0.25) is 11.7 Å². The van der Waals surface area contributed by atoms with Crippen LogP contribution in [0.4, 0.5) is 13.2 Å². The molecular formula is C20H21F3N4O. The Morgan fingerprint density at radius 3 is 2.50 bits per heavy atom. The van der Waals surface area contributed by atoms with Gasteiger partial charge < -0.3 is 15.6 Å². The van der Waals surface area contributed by atoms with Crippen LogP contribution in [0.15, 0.2) is 48.5 Å². The van der Waals surface area contributed by atoms with Gasteiger partial charge >= 0.3 is 6.18 Å². The minimum absolute atomic E-state index is 0.149. The summed E-state index contributed by atoms with van der Waals surface area (Å²) in [5.74, 6) is -1.45. The van der Waals surface area contributed by atoms with Gasteiger partial charge in [-0.15, -0.1) is 0 Å². The first-order chi connectivity index (χ1) is 13.3. The van der Waals surface area contributed by atoms with Gasteiger partial charge in [0, 0.05) is 12.5 Å². The summed E-state index contributed by atoms with van der Waals surface area (Å²) in [6.45, 7) is 2.32. The SMILES string of the molecule is CNCC(C)C(=O)NC(c1ccccc1)c1ccc2nc(C(F)(F)F)[nH]c2c1. The highest BCUT2D eigenvalue weighted by molar-refractivity contribution is 5.80. The molecule has 1 amide bonds. The van der Waals surface area contributed by atoms with Crippen molar-refractivity contribution in [3.8, 4) is 0 Å². The van der Waals surface area contributed by atoms with Crippen LogP contribution in [-0.4, -0.2) is 29.5 Å². The number of H-pyrrole nitrogens is 1. The molecule has 2 unspecified atom stereocenters. The Hall–Kier alpha value is -2.87.